The van der Waals surface area contributed by atoms with E-state index in [1.807, 2.05) is 25.1 Å². The molecule has 4 nitrogen and oxygen atoms in total. The first-order valence-corrected chi connectivity index (χ1v) is 7.27. The maximum Gasteiger partial charge on any atom is 0.253 e. The summed E-state index contributed by atoms with van der Waals surface area (Å²) in [6.45, 7) is 2.20. The maximum absolute atomic E-state index is 12.9. The van der Waals surface area contributed by atoms with Gasteiger partial charge in [0.15, 0.2) is 0 Å². The average Bonchev–Trinajstić information content (AvgIpc) is 2.88. The molecule has 0 aliphatic carbocycles. The Hall–Kier alpha value is -2.82. The zero-order valence-corrected chi connectivity index (χ0v) is 12.9. The van der Waals surface area contributed by atoms with Crippen LogP contribution in [0.3, 0.4) is 0 Å². The van der Waals surface area contributed by atoms with Crippen molar-refractivity contribution < 1.29 is 13.9 Å². The Morgan fingerprint density at radius 3 is 2.65 bits per heavy atom. The molecule has 1 amide bonds. The van der Waals surface area contributed by atoms with Gasteiger partial charge in [-0.15, -0.1) is 0 Å². The Morgan fingerprint density at radius 1 is 1.22 bits per heavy atom. The number of nitrogens with one attached hydrogen (secondary N) is 2. The van der Waals surface area contributed by atoms with Gasteiger partial charge in [0.2, 0.25) is 0 Å². The van der Waals surface area contributed by atoms with E-state index in [0.717, 1.165) is 22.2 Å². The first kappa shape index (κ1) is 15.1. The van der Waals surface area contributed by atoms with Gasteiger partial charge in [-0.2, -0.15) is 0 Å². The Kier molecular flexibility index (Phi) is 4.02. The molecule has 118 valence electrons. The third-order valence-electron chi connectivity index (χ3n) is 3.79. The highest BCUT2D eigenvalue weighted by atomic mass is 19.1. The second-order valence-corrected chi connectivity index (χ2v) is 5.35. The molecule has 0 saturated heterocycles. The largest absolute Gasteiger partial charge is 0.497 e. The topological polar surface area (TPSA) is 54.1 Å². The number of hydrogen-bond acceptors (Lipinski definition) is 2. The SMILES string of the molecule is COc1ccc2[nH]c(C)c(C(=O)NCc3ccc(F)cc3)c2c1. The van der Waals surface area contributed by atoms with Gasteiger partial charge < -0.3 is 15.0 Å². The number of aromatic amines is 1. The normalized spacial score (nSPS) is 10.7. The molecule has 3 rings (SSSR count). The van der Waals surface area contributed by atoms with E-state index in [2.05, 4.69) is 10.3 Å². The molecule has 0 aliphatic heterocycles. The molecule has 1 heterocycles. The summed E-state index contributed by atoms with van der Waals surface area (Å²) in [6, 6.07) is 11.6. The van der Waals surface area contributed by atoms with Crippen LogP contribution in [-0.2, 0) is 6.54 Å². The molecule has 0 spiro atoms. The summed E-state index contributed by atoms with van der Waals surface area (Å²) in [5, 5.41) is 3.69. The molecule has 5 heteroatoms. The van der Waals surface area contributed by atoms with Crippen LogP contribution in [0.5, 0.6) is 5.75 Å². The molecule has 2 aromatic carbocycles. The Labute approximate surface area is 133 Å². The lowest BCUT2D eigenvalue weighted by Gasteiger charge is -2.06. The fourth-order valence-corrected chi connectivity index (χ4v) is 2.60. The van der Waals surface area contributed by atoms with Crippen molar-refractivity contribution in [3.63, 3.8) is 0 Å². The van der Waals surface area contributed by atoms with Crippen LogP contribution < -0.4 is 10.1 Å². The lowest BCUT2D eigenvalue weighted by atomic mass is 10.1. The van der Waals surface area contributed by atoms with Crippen LogP contribution in [0, 0.1) is 12.7 Å². The number of halogens is 1. The van der Waals surface area contributed by atoms with E-state index < -0.39 is 0 Å². The van der Waals surface area contributed by atoms with E-state index in [1.54, 1.807) is 19.2 Å². The van der Waals surface area contributed by atoms with Gasteiger partial charge in [0.1, 0.15) is 11.6 Å². The van der Waals surface area contributed by atoms with Gasteiger partial charge >= 0.3 is 0 Å². The van der Waals surface area contributed by atoms with Gasteiger partial charge in [-0.3, -0.25) is 4.79 Å². The van der Waals surface area contributed by atoms with E-state index >= 15 is 0 Å². The lowest BCUT2D eigenvalue weighted by molar-refractivity contribution is 0.0952. The molecule has 23 heavy (non-hydrogen) atoms. The highest BCUT2D eigenvalue weighted by molar-refractivity contribution is 6.08. The smallest absolute Gasteiger partial charge is 0.253 e. The van der Waals surface area contributed by atoms with Crippen molar-refractivity contribution in [2.45, 2.75) is 13.5 Å². The van der Waals surface area contributed by atoms with E-state index in [0.29, 0.717) is 17.9 Å². The molecular formula is C18H17FN2O2. The summed E-state index contributed by atoms with van der Waals surface area (Å²) in [4.78, 5) is 15.7. The number of rotatable bonds is 4. The summed E-state index contributed by atoms with van der Waals surface area (Å²) in [5.41, 5.74) is 3.12. The number of fused-ring (bicyclic) bond motifs is 1. The highest BCUT2D eigenvalue weighted by Gasteiger charge is 2.16. The second kappa shape index (κ2) is 6.12. The predicted molar refractivity (Wildman–Crippen MR) is 87.2 cm³/mol. The minimum atomic E-state index is -0.292. The van der Waals surface area contributed by atoms with E-state index in [4.69, 9.17) is 4.74 Å². The van der Waals surface area contributed by atoms with Crippen molar-refractivity contribution in [1.29, 1.82) is 0 Å². The highest BCUT2D eigenvalue weighted by Crippen LogP contribution is 2.26. The monoisotopic (exact) mass is 312 g/mol. The number of amides is 1. The van der Waals surface area contributed by atoms with E-state index in [1.165, 1.54) is 12.1 Å². The van der Waals surface area contributed by atoms with E-state index in [9.17, 15) is 9.18 Å². The molecule has 0 unspecified atom stereocenters. The van der Waals surface area contributed by atoms with Crippen LogP contribution in [-0.4, -0.2) is 18.0 Å². The summed E-state index contributed by atoms with van der Waals surface area (Å²) < 4.78 is 18.1. The molecule has 0 bridgehead atoms. The van der Waals surface area contributed by atoms with Crippen LogP contribution in [0.4, 0.5) is 4.39 Å². The lowest BCUT2D eigenvalue weighted by Crippen LogP contribution is -2.23. The zero-order valence-electron chi connectivity index (χ0n) is 12.9. The molecule has 3 aromatic rings. The summed E-state index contributed by atoms with van der Waals surface area (Å²) in [6.07, 6.45) is 0. The third kappa shape index (κ3) is 3.04. The van der Waals surface area contributed by atoms with Gasteiger partial charge in [-0.25, -0.2) is 4.39 Å². The molecule has 0 saturated carbocycles. The predicted octanol–water partition coefficient (Wildman–Crippen LogP) is 3.55. The van der Waals surface area contributed by atoms with Crippen LogP contribution in [0.1, 0.15) is 21.6 Å². The Bertz CT molecular complexity index is 853. The number of aromatic nitrogens is 1. The second-order valence-electron chi connectivity index (χ2n) is 5.35. The summed E-state index contributed by atoms with van der Waals surface area (Å²) in [7, 11) is 1.59. The van der Waals surface area contributed by atoms with Crippen LogP contribution in [0.15, 0.2) is 42.5 Å². The van der Waals surface area contributed by atoms with Crippen molar-refractivity contribution >= 4 is 16.8 Å². The Morgan fingerprint density at radius 2 is 1.96 bits per heavy atom. The molecular weight excluding hydrogens is 295 g/mol. The van der Waals surface area contributed by atoms with Crippen molar-refractivity contribution in [3.8, 4) is 5.75 Å². The van der Waals surface area contributed by atoms with Crippen LogP contribution in [0.25, 0.3) is 10.9 Å². The van der Waals surface area contributed by atoms with Crippen molar-refractivity contribution in [3.05, 3.63) is 65.1 Å². The standard InChI is InChI=1S/C18H17FN2O2/c1-11-17(15-9-14(23-2)7-8-16(15)21-11)18(22)20-10-12-3-5-13(19)6-4-12/h3-9,21H,10H2,1-2H3,(H,20,22). The van der Waals surface area contributed by atoms with Gasteiger partial charge in [0.05, 0.1) is 12.7 Å². The Balaban J connectivity index is 1.85. The minimum absolute atomic E-state index is 0.175. The fourth-order valence-electron chi connectivity index (χ4n) is 2.60. The van der Waals surface area contributed by atoms with Crippen LogP contribution >= 0.6 is 0 Å². The number of benzene rings is 2. The molecule has 1 aromatic heterocycles. The number of H-pyrrole nitrogens is 1. The van der Waals surface area contributed by atoms with Gasteiger partial charge in [-0.1, -0.05) is 12.1 Å². The fraction of sp³-hybridized carbons (Fsp3) is 0.167. The number of hydrogen-bond donors (Lipinski definition) is 2. The van der Waals surface area contributed by atoms with E-state index in [-0.39, 0.29) is 11.7 Å². The number of methoxy groups -OCH3 is 1. The average molecular weight is 312 g/mol. The first-order valence-electron chi connectivity index (χ1n) is 7.27. The first-order chi connectivity index (χ1) is 11.1. The molecule has 0 fully saturated rings. The number of ether oxygens (including phenoxy) is 1. The zero-order chi connectivity index (χ0) is 16.4. The van der Waals surface area contributed by atoms with Gasteiger partial charge in [-0.05, 0) is 42.8 Å². The number of carbonyl (C=O) groups is 1. The summed E-state index contributed by atoms with van der Waals surface area (Å²) >= 11 is 0. The van der Waals surface area contributed by atoms with Crippen molar-refractivity contribution in [1.82, 2.24) is 10.3 Å². The van der Waals surface area contributed by atoms with Crippen molar-refractivity contribution in [2.75, 3.05) is 7.11 Å². The minimum Gasteiger partial charge on any atom is -0.497 e. The number of aryl methyl sites for hydroxylation is 1. The molecule has 0 atom stereocenters. The quantitative estimate of drug-likeness (QED) is 0.774. The molecule has 2 N–H and O–H groups in total. The van der Waals surface area contributed by atoms with Gasteiger partial charge in [0, 0.05) is 23.1 Å². The third-order valence-corrected chi connectivity index (χ3v) is 3.79. The molecule has 0 radical (unpaired) electrons. The number of carbonyl (C=O) groups excluding carboxylic acids is 1. The van der Waals surface area contributed by atoms with Crippen LogP contribution in [0.2, 0.25) is 0 Å². The maximum atomic E-state index is 12.9. The molecule has 0 aliphatic rings. The van der Waals surface area contributed by atoms with Crippen molar-refractivity contribution in [2.24, 2.45) is 0 Å². The van der Waals surface area contributed by atoms with Gasteiger partial charge in [0.25, 0.3) is 5.91 Å². The summed E-state index contributed by atoms with van der Waals surface area (Å²) in [5.74, 6) is 0.232.